The number of ketones is 1. The monoisotopic (exact) mass is 265 g/mol. The van der Waals surface area contributed by atoms with E-state index in [2.05, 4.69) is 0 Å². The number of Topliss-reactive ketones (excluding diaryl/α,β-unsaturated/α-hetero) is 1. The standard InChI is InChI=1S/C11H12F3O2S/c1-17(2,16)7-10(15)8-3-5-9(6-4-8)11(12,13)14/h3-6H,7H2,1-2H3/q+1. The Morgan fingerprint density at radius 1 is 1.18 bits per heavy atom. The number of carbonyl (C=O) groups is 1. The fourth-order valence-corrected chi connectivity index (χ4v) is 2.04. The average molecular weight is 265 g/mol. The van der Waals surface area contributed by atoms with Crippen LogP contribution in [-0.2, 0) is 20.3 Å². The quantitative estimate of drug-likeness (QED) is 0.622. The molecule has 1 aromatic rings. The van der Waals surface area contributed by atoms with E-state index in [0.717, 1.165) is 24.3 Å². The number of halogens is 3. The normalized spacial score (nSPS) is 12.5. The van der Waals surface area contributed by atoms with Crippen LogP contribution in [0.25, 0.3) is 0 Å². The molecule has 0 aliphatic heterocycles. The second kappa shape index (κ2) is 4.60. The molecule has 94 valence electrons. The molecule has 0 fully saturated rings. The van der Waals surface area contributed by atoms with Gasteiger partial charge in [0.05, 0.1) is 15.5 Å². The summed E-state index contributed by atoms with van der Waals surface area (Å²) in [4.78, 5) is 11.6. The third kappa shape index (κ3) is 4.30. The van der Waals surface area contributed by atoms with Crippen molar-refractivity contribution in [3.05, 3.63) is 35.4 Å². The Balaban J connectivity index is 2.89. The second-order valence-electron chi connectivity index (χ2n) is 4.08. The Hall–Kier alpha value is -1.17. The van der Waals surface area contributed by atoms with Crippen LogP contribution < -0.4 is 0 Å². The topological polar surface area (TPSA) is 34.1 Å². The summed E-state index contributed by atoms with van der Waals surface area (Å²) in [6.07, 6.45) is -1.53. The van der Waals surface area contributed by atoms with E-state index in [1.165, 1.54) is 12.5 Å². The highest BCUT2D eigenvalue weighted by molar-refractivity contribution is 8.02. The van der Waals surface area contributed by atoms with E-state index >= 15 is 0 Å². The molecule has 6 heteroatoms. The van der Waals surface area contributed by atoms with Gasteiger partial charge in [-0.3, -0.25) is 4.79 Å². The molecule has 0 aliphatic rings. The maximum absolute atomic E-state index is 12.3. The molecule has 0 N–H and O–H groups in total. The summed E-state index contributed by atoms with van der Waals surface area (Å²) in [5, 5.41) is 0. The number of alkyl halides is 3. The van der Waals surface area contributed by atoms with Gasteiger partial charge in [0.15, 0.2) is 5.75 Å². The first-order chi connectivity index (χ1) is 7.59. The molecule has 17 heavy (non-hydrogen) atoms. The van der Waals surface area contributed by atoms with Crippen LogP contribution in [0.1, 0.15) is 15.9 Å². The summed E-state index contributed by atoms with van der Waals surface area (Å²) in [6, 6.07) is 3.91. The lowest BCUT2D eigenvalue weighted by Crippen LogP contribution is -2.19. The fraction of sp³-hybridized carbons (Fsp3) is 0.364. The van der Waals surface area contributed by atoms with Crippen molar-refractivity contribution >= 4 is 15.7 Å². The van der Waals surface area contributed by atoms with Crippen molar-refractivity contribution in [2.75, 3.05) is 18.3 Å². The van der Waals surface area contributed by atoms with Crippen LogP contribution in [0.4, 0.5) is 13.2 Å². The van der Waals surface area contributed by atoms with Crippen LogP contribution >= 0.6 is 0 Å². The highest BCUT2D eigenvalue weighted by Crippen LogP contribution is 2.29. The van der Waals surface area contributed by atoms with E-state index in [4.69, 9.17) is 0 Å². The van der Waals surface area contributed by atoms with E-state index in [1.807, 2.05) is 0 Å². The van der Waals surface area contributed by atoms with Crippen molar-refractivity contribution in [1.82, 2.24) is 0 Å². The molecule has 0 bridgehead atoms. The highest BCUT2D eigenvalue weighted by atomic mass is 32.2. The molecular formula is C11H12F3O2S+. The van der Waals surface area contributed by atoms with Crippen molar-refractivity contribution in [3.63, 3.8) is 0 Å². The van der Waals surface area contributed by atoms with E-state index < -0.39 is 27.5 Å². The number of benzene rings is 1. The molecule has 0 saturated carbocycles. The first-order valence-corrected chi connectivity index (χ1v) is 7.26. The zero-order valence-electron chi connectivity index (χ0n) is 9.38. The maximum Gasteiger partial charge on any atom is 0.416 e. The summed E-state index contributed by atoms with van der Waals surface area (Å²) in [7, 11) is -2.23. The van der Waals surface area contributed by atoms with Crippen molar-refractivity contribution in [2.24, 2.45) is 0 Å². The molecule has 0 aliphatic carbocycles. The summed E-state index contributed by atoms with van der Waals surface area (Å²) < 4.78 is 48.2. The smallest absolute Gasteiger partial charge is 0.289 e. The lowest BCUT2D eigenvalue weighted by atomic mass is 10.1. The van der Waals surface area contributed by atoms with Crippen molar-refractivity contribution < 1.29 is 22.2 Å². The van der Waals surface area contributed by atoms with Gasteiger partial charge in [0.1, 0.15) is 12.5 Å². The third-order valence-corrected chi connectivity index (χ3v) is 2.97. The van der Waals surface area contributed by atoms with Crippen molar-refractivity contribution in [3.8, 4) is 0 Å². The molecule has 0 amide bonds. The Morgan fingerprint density at radius 2 is 1.65 bits per heavy atom. The maximum atomic E-state index is 12.3. The molecular weight excluding hydrogens is 253 g/mol. The molecule has 0 saturated heterocycles. The van der Waals surface area contributed by atoms with Gasteiger partial charge in [0, 0.05) is 5.56 Å². The van der Waals surface area contributed by atoms with Gasteiger partial charge in [-0.15, -0.1) is 4.21 Å². The Kier molecular flexibility index (Phi) is 3.76. The predicted octanol–water partition coefficient (Wildman–Crippen LogP) is 2.65. The average Bonchev–Trinajstić information content (AvgIpc) is 2.14. The highest BCUT2D eigenvalue weighted by Gasteiger charge is 2.30. The van der Waals surface area contributed by atoms with E-state index in [1.54, 1.807) is 0 Å². The first kappa shape index (κ1) is 13.9. The number of hydrogen-bond donors (Lipinski definition) is 0. The van der Waals surface area contributed by atoms with Gasteiger partial charge in [-0.25, -0.2) is 0 Å². The van der Waals surface area contributed by atoms with E-state index in [9.17, 15) is 22.2 Å². The Morgan fingerprint density at radius 3 is 2.00 bits per heavy atom. The molecule has 0 atom stereocenters. The third-order valence-electron chi connectivity index (χ3n) is 2.01. The van der Waals surface area contributed by atoms with Crippen LogP contribution in [0.2, 0.25) is 0 Å². The molecule has 0 radical (unpaired) electrons. The number of rotatable bonds is 3. The van der Waals surface area contributed by atoms with Crippen LogP contribution in [0.5, 0.6) is 0 Å². The van der Waals surface area contributed by atoms with Gasteiger partial charge in [-0.05, 0) is 12.1 Å². The van der Waals surface area contributed by atoms with Crippen LogP contribution in [0.15, 0.2) is 24.3 Å². The molecule has 0 unspecified atom stereocenters. The minimum Gasteiger partial charge on any atom is -0.289 e. The minimum absolute atomic E-state index is 0.148. The lowest BCUT2D eigenvalue weighted by Gasteiger charge is -2.07. The van der Waals surface area contributed by atoms with Gasteiger partial charge >= 0.3 is 6.18 Å². The largest absolute Gasteiger partial charge is 0.416 e. The molecule has 1 aromatic carbocycles. The van der Waals surface area contributed by atoms with Crippen LogP contribution in [-0.4, -0.2) is 24.0 Å². The summed E-state index contributed by atoms with van der Waals surface area (Å²) in [5.41, 5.74) is -0.655. The lowest BCUT2D eigenvalue weighted by molar-refractivity contribution is -0.137. The van der Waals surface area contributed by atoms with Gasteiger partial charge < -0.3 is 0 Å². The summed E-state index contributed by atoms with van der Waals surface area (Å²) in [6.45, 7) is 0. The summed E-state index contributed by atoms with van der Waals surface area (Å²) >= 11 is 0. The minimum atomic E-state index is -4.41. The fourth-order valence-electron chi connectivity index (χ4n) is 1.24. The predicted molar refractivity (Wildman–Crippen MR) is 60.5 cm³/mol. The molecule has 2 nitrogen and oxygen atoms in total. The zero-order valence-corrected chi connectivity index (χ0v) is 10.2. The second-order valence-corrected chi connectivity index (χ2v) is 7.24. The zero-order chi connectivity index (χ0) is 13.3. The number of carbonyl (C=O) groups excluding carboxylic acids is 1. The Labute approximate surface area is 98.3 Å². The van der Waals surface area contributed by atoms with Gasteiger partial charge in [0.2, 0.25) is 5.78 Å². The van der Waals surface area contributed by atoms with Crippen LogP contribution in [0.3, 0.4) is 0 Å². The summed E-state index contributed by atoms with van der Waals surface area (Å²) in [5.74, 6) is -0.563. The Bertz CT molecular complexity index is 457. The molecule has 1 rings (SSSR count). The molecule has 0 heterocycles. The first-order valence-electron chi connectivity index (χ1n) is 4.72. The van der Waals surface area contributed by atoms with Crippen molar-refractivity contribution in [2.45, 2.75) is 6.18 Å². The van der Waals surface area contributed by atoms with E-state index in [0.29, 0.717) is 0 Å². The van der Waals surface area contributed by atoms with E-state index in [-0.39, 0.29) is 11.3 Å². The molecule has 0 spiro atoms. The number of hydrogen-bond acceptors (Lipinski definition) is 2. The SMILES string of the molecule is C[S+](C)(=O)CC(=O)c1ccc(C(F)(F)F)cc1. The van der Waals surface area contributed by atoms with Gasteiger partial charge in [-0.2, -0.15) is 13.2 Å². The molecule has 0 aromatic heterocycles. The van der Waals surface area contributed by atoms with Gasteiger partial charge in [0.25, 0.3) is 0 Å². The van der Waals surface area contributed by atoms with Crippen LogP contribution in [0, 0.1) is 0 Å². The van der Waals surface area contributed by atoms with Crippen molar-refractivity contribution in [1.29, 1.82) is 0 Å². The van der Waals surface area contributed by atoms with Gasteiger partial charge in [-0.1, -0.05) is 12.1 Å².